The molecule has 0 aliphatic heterocycles. The number of nitrogens with zero attached hydrogens (tertiary/aromatic N) is 2. The Morgan fingerprint density at radius 1 is 1.24 bits per heavy atom. The fourth-order valence-corrected chi connectivity index (χ4v) is 3.40. The van der Waals surface area contributed by atoms with Gasteiger partial charge in [0.1, 0.15) is 0 Å². The second-order valence-electron chi connectivity index (χ2n) is 7.23. The van der Waals surface area contributed by atoms with Gasteiger partial charge in [0.2, 0.25) is 0 Å². The Labute approximate surface area is 151 Å². The SMILES string of the molecule is CCNC(=NCCCCn1c(C)cccc1=O)NC1CCC(C)CC1. The molecule has 2 rings (SSSR count). The molecule has 1 heterocycles. The molecule has 0 radical (unpaired) electrons. The summed E-state index contributed by atoms with van der Waals surface area (Å²) in [4.78, 5) is 16.6. The molecule has 1 fully saturated rings. The minimum Gasteiger partial charge on any atom is -0.357 e. The zero-order valence-electron chi connectivity index (χ0n) is 16.1. The van der Waals surface area contributed by atoms with Crippen molar-refractivity contribution < 1.29 is 0 Å². The number of rotatable bonds is 7. The van der Waals surface area contributed by atoms with Crippen molar-refractivity contribution in [3.63, 3.8) is 0 Å². The number of pyridine rings is 1. The Balaban J connectivity index is 1.76. The Kier molecular flexibility index (Phi) is 8.02. The zero-order chi connectivity index (χ0) is 18.1. The third-order valence-corrected chi connectivity index (χ3v) is 5.03. The van der Waals surface area contributed by atoms with Gasteiger partial charge in [-0.25, -0.2) is 0 Å². The zero-order valence-corrected chi connectivity index (χ0v) is 16.1. The monoisotopic (exact) mass is 346 g/mol. The minimum atomic E-state index is 0.0880. The number of guanidine groups is 1. The lowest BCUT2D eigenvalue weighted by Crippen LogP contribution is -2.44. The average Bonchev–Trinajstić information content (AvgIpc) is 2.59. The first-order valence-electron chi connectivity index (χ1n) is 9.81. The standard InChI is InChI=1S/C20H34N4O/c1-4-21-20(23-18-12-10-16(2)11-13-18)22-14-5-6-15-24-17(3)8-7-9-19(24)25/h7-9,16,18H,4-6,10-15H2,1-3H3,(H2,21,22,23). The molecule has 0 unspecified atom stereocenters. The summed E-state index contributed by atoms with van der Waals surface area (Å²) in [6.07, 6.45) is 7.04. The summed E-state index contributed by atoms with van der Waals surface area (Å²) in [6, 6.07) is 5.99. The second-order valence-corrected chi connectivity index (χ2v) is 7.23. The number of hydrogen-bond donors (Lipinski definition) is 2. The highest BCUT2D eigenvalue weighted by Gasteiger charge is 2.18. The predicted octanol–water partition coefficient (Wildman–Crippen LogP) is 3.07. The minimum absolute atomic E-state index is 0.0880. The Hall–Kier alpha value is -1.78. The molecule has 2 N–H and O–H groups in total. The van der Waals surface area contributed by atoms with Crippen LogP contribution < -0.4 is 16.2 Å². The van der Waals surface area contributed by atoms with E-state index in [2.05, 4.69) is 24.5 Å². The molecule has 1 aliphatic rings. The van der Waals surface area contributed by atoms with Crippen molar-refractivity contribution in [3.8, 4) is 0 Å². The molecule has 1 aromatic rings. The molecule has 0 amide bonds. The van der Waals surface area contributed by atoms with Crippen molar-refractivity contribution in [1.82, 2.24) is 15.2 Å². The molecule has 0 bridgehead atoms. The molecule has 5 nitrogen and oxygen atoms in total. The van der Waals surface area contributed by atoms with E-state index in [-0.39, 0.29) is 5.56 Å². The molecule has 1 saturated carbocycles. The van der Waals surface area contributed by atoms with E-state index in [1.807, 2.05) is 23.6 Å². The van der Waals surface area contributed by atoms with Gasteiger partial charge < -0.3 is 15.2 Å². The van der Waals surface area contributed by atoms with Crippen LogP contribution in [0, 0.1) is 12.8 Å². The van der Waals surface area contributed by atoms with Crippen LogP contribution in [-0.2, 0) is 6.54 Å². The third-order valence-electron chi connectivity index (χ3n) is 5.03. The van der Waals surface area contributed by atoms with Crippen LogP contribution in [0.5, 0.6) is 0 Å². The van der Waals surface area contributed by atoms with Crippen molar-refractivity contribution in [2.75, 3.05) is 13.1 Å². The third kappa shape index (κ3) is 6.56. The van der Waals surface area contributed by atoms with Gasteiger partial charge in [0.05, 0.1) is 0 Å². The lowest BCUT2D eigenvalue weighted by Gasteiger charge is -2.28. The highest BCUT2D eigenvalue weighted by molar-refractivity contribution is 5.80. The smallest absolute Gasteiger partial charge is 0.250 e. The summed E-state index contributed by atoms with van der Waals surface area (Å²) in [6.45, 7) is 8.87. The van der Waals surface area contributed by atoms with E-state index < -0.39 is 0 Å². The van der Waals surface area contributed by atoms with Crippen molar-refractivity contribution >= 4 is 5.96 Å². The number of nitrogens with one attached hydrogen (secondary N) is 2. The first-order chi connectivity index (χ1) is 12.1. The molecule has 0 atom stereocenters. The first kappa shape index (κ1) is 19.5. The summed E-state index contributed by atoms with van der Waals surface area (Å²) in [5, 5.41) is 6.94. The fraction of sp³-hybridized carbons (Fsp3) is 0.700. The van der Waals surface area contributed by atoms with Crippen molar-refractivity contribution in [1.29, 1.82) is 0 Å². The second kappa shape index (κ2) is 10.3. The highest BCUT2D eigenvalue weighted by atomic mass is 16.1. The molecule has 140 valence electrons. The predicted molar refractivity (Wildman–Crippen MR) is 105 cm³/mol. The van der Waals surface area contributed by atoms with Crippen LogP contribution in [0.1, 0.15) is 58.1 Å². The number of aryl methyl sites for hydroxylation is 1. The van der Waals surface area contributed by atoms with Crippen LogP contribution >= 0.6 is 0 Å². The first-order valence-corrected chi connectivity index (χ1v) is 9.81. The lowest BCUT2D eigenvalue weighted by molar-refractivity contribution is 0.329. The van der Waals surface area contributed by atoms with Gasteiger partial charge in [-0.2, -0.15) is 0 Å². The number of hydrogen-bond acceptors (Lipinski definition) is 2. The summed E-state index contributed by atoms with van der Waals surface area (Å²) in [5.74, 6) is 1.80. The van der Waals surface area contributed by atoms with E-state index in [4.69, 9.17) is 4.99 Å². The van der Waals surface area contributed by atoms with Gasteiger partial charge in [-0.1, -0.05) is 13.0 Å². The average molecular weight is 347 g/mol. The maximum atomic E-state index is 11.9. The van der Waals surface area contributed by atoms with Crippen LogP contribution in [0.4, 0.5) is 0 Å². The van der Waals surface area contributed by atoms with E-state index in [0.717, 1.165) is 50.0 Å². The van der Waals surface area contributed by atoms with Gasteiger partial charge in [0.25, 0.3) is 5.56 Å². The van der Waals surface area contributed by atoms with E-state index in [1.54, 1.807) is 6.07 Å². The number of unbranched alkanes of at least 4 members (excludes halogenated alkanes) is 1. The fourth-order valence-electron chi connectivity index (χ4n) is 3.40. The normalized spacial score (nSPS) is 21.2. The van der Waals surface area contributed by atoms with Crippen molar-refractivity contribution in [3.05, 3.63) is 34.2 Å². The molecule has 5 heteroatoms. The Bertz CT molecular complexity index is 600. The topological polar surface area (TPSA) is 58.4 Å². The van der Waals surface area contributed by atoms with E-state index in [9.17, 15) is 4.79 Å². The lowest BCUT2D eigenvalue weighted by atomic mass is 9.87. The molecule has 0 spiro atoms. The molecule has 0 aromatic carbocycles. The van der Waals surface area contributed by atoms with Crippen LogP contribution in [0.15, 0.2) is 28.0 Å². The maximum Gasteiger partial charge on any atom is 0.250 e. The Morgan fingerprint density at radius 3 is 2.68 bits per heavy atom. The molecule has 25 heavy (non-hydrogen) atoms. The maximum absolute atomic E-state index is 11.9. The summed E-state index contributed by atoms with van der Waals surface area (Å²) >= 11 is 0. The molecule has 1 aliphatic carbocycles. The van der Waals surface area contributed by atoms with Gasteiger partial charge in [-0.05, 0) is 64.4 Å². The van der Waals surface area contributed by atoms with Crippen LogP contribution in [0.3, 0.4) is 0 Å². The van der Waals surface area contributed by atoms with Crippen LogP contribution in [0.25, 0.3) is 0 Å². The van der Waals surface area contributed by atoms with Gasteiger partial charge in [-0.15, -0.1) is 0 Å². The molecule has 1 aromatic heterocycles. The summed E-state index contributed by atoms with van der Waals surface area (Å²) < 4.78 is 1.84. The summed E-state index contributed by atoms with van der Waals surface area (Å²) in [5.41, 5.74) is 1.11. The van der Waals surface area contributed by atoms with E-state index in [1.165, 1.54) is 25.7 Å². The van der Waals surface area contributed by atoms with Crippen LogP contribution in [0.2, 0.25) is 0 Å². The largest absolute Gasteiger partial charge is 0.357 e. The van der Waals surface area contributed by atoms with Gasteiger partial charge >= 0.3 is 0 Å². The van der Waals surface area contributed by atoms with Crippen molar-refractivity contribution in [2.24, 2.45) is 10.9 Å². The van der Waals surface area contributed by atoms with Gasteiger partial charge in [-0.3, -0.25) is 9.79 Å². The molecule has 0 saturated heterocycles. The molecular formula is C20H34N4O. The quantitative estimate of drug-likeness (QED) is 0.453. The number of aliphatic imine (C=N–C) groups is 1. The highest BCUT2D eigenvalue weighted by Crippen LogP contribution is 2.23. The van der Waals surface area contributed by atoms with Gasteiger partial charge in [0.15, 0.2) is 5.96 Å². The van der Waals surface area contributed by atoms with E-state index >= 15 is 0 Å². The van der Waals surface area contributed by atoms with E-state index in [0.29, 0.717) is 6.04 Å². The van der Waals surface area contributed by atoms with Gasteiger partial charge in [0, 0.05) is 37.4 Å². The molecular weight excluding hydrogens is 312 g/mol. The number of aromatic nitrogens is 1. The summed E-state index contributed by atoms with van der Waals surface area (Å²) in [7, 11) is 0. The Morgan fingerprint density at radius 2 is 2.00 bits per heavy atom. The van der Waals surface area contributed by atoms with Crippen molar-refractivity contribution in [2.45, 2.75) is 71.9 Å². The van der Waals surface area contributed by atoms with Crippen LogP contribution in [-0.4, -0.2) is 29.7 Å².